The highest BCUT2D eigenvalue weighted by Gasteiger charge is 2.33. The Balaban J connectivity index is 2.04. The van der Waals surface area contributed by atoms with E-state index in [1.165, 1.54) is 4.90 Å². The van der Waals surface area contributed by atoms with Gasteiger partial charge >= 0.3 is 6.18 Å². The molecule has 1 N–H and O–H groups in total. The number of carbonyl (C=O) groups excluding carboxylic acids is 1. The zero-order chi connectivity index (χ0) is 13.3. The third kappa shape index (κ3) is 2.45. The Labute approximate surface area is 101 Å². The van der Waals surface area contributed by atoms with Gasteiger partial charge < -0.3 is 10.0 Å². The van der Waals surface area contributed by atoms with E-state index in [1.54, 1.807) is 0 Å². The molecule has 0 aromatic carbocycles. The van der Waals surface area contributed by atoms with E-state index in [1.807, 2.05) is 0 Å². The van der Waals surface area contributed by atoms with Crippen molar-refractivity contribution in [3.05, 3.63) is 29.6 Å². The van der Waals surface area contributed by atoms with Crippen molar-refractivity contribution < 1.29 is 23.1 Å². The summed E-state index contributed by atoms with van der Waals surface area (Å²) in [6.07, 6.45) is -3.80. The molecule has 0 atom stereocenters. The highest BCUT2D eigenvalue weighted by molar-refractivity contribution is 5.92. The van der Waals surface area contributed by atoms with E-state index < -0.39 is 17.6 Å². The molecule has 0 bridgehead atoms. The number of alkyl halides is 3. The second kappa shape index (κ2) is 4.56. The summed E-state index contributed by atoms with van der Waals surface area (Å²) in [6, 6.07) is 1.90. The summed E-state index contributed by atoms with van der Waals surface area (Å²) in [5.41, 5.74) is -0.893. The average molecular weight is 260 g/mol. The molecule has 2 heterocycles. The molecule has 1 fully saturated rings. The first-order chi connectivity index (χ1) is 8.41. The van der Waals surface area contributed by atoms with E-state index in [0.717, 1.165) is 12.1 Å². The molecule has 2 rings (SSSR count). The number of rotatable bonds is 2. The molecule has 1 aliphatic rings. The lowest BCUT2D eigenvalue weighted by Crippen LogP contribution is -2.51. The summed E-state index contributed by atoms with van der Waals surface area (Å²) in [5, 5.41) is 8.80. The van der Waals surface area contributed by atoms with E-state index in [2.05, 4.69) is 4.98 Å². The quantitative estimate of drug-likeness (QED) is 0.868. The molecule has 1 saturated heterocycles. The van der Waals surface area contributed by atoms with Gasteiger partial charge in [0.15, 0.2) is 0 Å². The molecule has 1 aliphatic heterocycles. The van der Waals surface area contributed by atoms with Crippen molar-refractivity contribution in [3.63, 3.8) is 0 Å². The van der Waals surface area contributed by atoms with E-state index in [4.69, 9.17) is 5.11 Å². The Morgan fingerprint density at radius 1 is 1.44 bits per heavy atom. The number of likely N-dealkylation sites (tertiary alicyclic amines) is 1. The maximum absolute atomic E-state index is 12.3. The van der Waals surface area contributed by atoms with Crippen LogP contribution in [0.15, 0.2) is 18.3 Å². The minimum atomic E-state index is -4.45. The van der Waals surface area contributed by atoms with Crippen LogP contribution in [0.2, 0.25) is 0 Å². The van der Waals surface area contributed by atoms with E-state index in [-0.39, 0.29) is 18.2 Å². The van der Waals surface area contributed by atoms with Gasteiger partial charge in [-0.2, -0.15) is 13.2 Å². The number of aliphatic hydroxyl groups excluding tert-OH is 1. The summed E-state index contributed by atoms with van der Waals surface area (Å²) < 4.78 is 36.9. The number of carbonyl (C=O) groups is 1. The van der Waals surface area contributed by atoms with Crippen LogP contribution in [0.4, 0.5) is 13.2 Å². The lowest BCUT2D eigenvalue weighted by molar-refractivity contribution is -0.137. The lowest BCUT2D eigenvalue weighted by Gasteiger charge is -2.37. The Kier molecular flexibility index (Phi) is 3.25. The predicted octanol–water partition coefficient (Wildman–Crippen LogP) is 1.16. The standard InChI is InChI=1S/C11H11F3N2O2/c12-11(13,14)8-1-2-9(15-3-8)10(18)16-4-7(5-16)6-17/h1-3,7,17H,4-6H2. The van der Waals surface area contributed by atoms with Crippen molar-refractivity contribution in [1.29, 1.82) is 0 Å². The van der Waals surface area contributed by atoms with Crippen LogP contribution in [-0.4, -0.2) is 40.6 Å². The molecule has 98 valence electrons. The molecule has 1 aromatic rings. The number of nitrogens with zero attached hydrogens (tertiary/aromatic N) is 2. The van der Waals surface area contributed by atoms with Gasteiger partial charge in [-0.1, -0.05) is 0 Å². The highest BCUT2D eigenvalue weighted by Crippen LogP contribution is 2.28. The molecule has 1 amide bonds. The van der Waals surface area contributed by atoms with Gasteiger partial charge in [-0.25, -0.2) is 0 Å². The van der Waals surface area contributed by atoms with Crippen molar-refractivity contribution in [1.82, 2.24) is 9.88 Å². The molecule has 1 aromatic heterocycles. The zero-order valence-corrected chi connectivity index (χ0v) is 9.31. The molecule has 0 saturated carbocycles. The second-order valence-corrected chi connectivity index (χ2v) is 4.19. The molecule has 4 nitrogen and oxygen atoms in total. The van der Waals surface area contributed by atoms with Crippen LogP contribution >= 0.6 is 0 Å². The van der Waals surface area contributed by atoms with Crippen molar-refractivity contribution in [2.45, 2.75) is 6.18 Å². The third-order valence-electron chi connectivity index (χ3n) is 2.81. The maximum Gasteiger partial charge on any atom is 0.417 e. The number of halogens is 3. The van der Waals surface area contributed by atoms with Gasteiger partial charge in [-0.05, 0) is 12.1 Å². The number of hydrogen-bond donors (Lipinski definition) is 1. The Bertz CT molecular complexity index is 439. The molecule has 7 heteroatoms. The van der Waals surface area contributed by atoms with Gasteiger partial charge in [0, 0.05) is 31.8 Å². The average Bonchev–Trinajstić information content (AvgIpc) is 2.26. The Morgan fingerprint density at radius 3 is 2.56 bits per heavy atom. The third-order valence-corrected chi connectivity index (χ3v) is 2.81. The van der Waals surface area contributed by atoms with Crippen molar-refractivity contribution in [2.75, 3.05) is 19.7 Å². The summed E-state index contributed by atoms with van der Waals surface area (Å²) in [6.45, 7) is 0.834. The van der Waals surface area contributed by atoms with Gasteiger partial charge in [0.25, 0.3) is 5.91 Å². The number of pyridine rings is 1. The minimum Gasteiger partial charge on any atom is -0.396 e. The topological polar surface area (TPSA) is 53.4 Å². The zero-order valence-electron chi connectivity index (χ0n) is 9.31. The molecule has 18 heavy (non-hydrogen) atoms. The molecule has 0 radical (unpaired) electrons. The summed E-state index contributed by atoms with van der Waals surface area (Å²) in [7, 11) is 0. The molecular weight excluding hydrogens is 249 g/mol. The second-order valence-electron chi connectivity index (χ2n) is 4.19. The fourth-order valence-electron chi connectivity index (χ4n) is 1.70. The number of amides is 1. The fourth-order valence-corrected chi connectivity index (χ4v) is 1.70. The smallest absolute Gasteiger partial charge is 0.396 e. The molecule has 0 aliphatic carbocycles. The van der Waals surface area contributed by atoms with Crippen LogP contribution in [0.3, 0.4) is 0 Å². The Morgan fingerprint density at radius 2 is 2.11 bits per heavy atom. The van der Waals surface area contributed by atoms with Gasteiger partial charge in [0.2, 0.25) is 0 Å². The lowest BCUT2D eigenvalue weighted by atomic mass is 10.0. The number of aliphatic hydroxyl groups is 1. The van der Waals surface area contributed by atoms with Crippen LogP contribution in [0.1, 0.15) is 16.1 Å². The summed E-state index contributed by atoms with van der Waals surface area (Å²) >= 11 is 0. The largest absolute Gasteiger partial charge is 0.417 e. The highest BCUT2D eigenvalue weighted by atomic mass is 19.4. The fraction of sp³-hybridized carbons (Fsp3) is 0.455. The SMILES string of the molecule is O=C(c1ccc(C(F)(F)F)cn1)N1CC(CO)C1. The molecule has 0 spiro atoms. The van der Waals surface area contributed by atoms with Crippen molar-refractivity contribution in [3.8, 4) is 0 Å². The summed E-state index contributed by atoms with van der Waals surface area (Å²) in [5.74, 6) is -0.350. The first-order valence-corrected chi connectivity index (χ1v) is 5.35. The van der Waals surface area contributed by atoms with Gasteiger partial charge in [-0.3, -0.25) is 9.78 Å². The van der Waals surface area contributed by atoms with Crippen LogP contribution in [0.25, 0.3) is 0 Å². The minimum absolute atomic E-state index is 0.00419. The summed E-state index contributed by atoms with van der Waals surface area (Å²) in [4.78, 5) is 16.7. The van der Waals surface area contributed by atoms with Crippen LogP contribution in [-0.2, 0) is 6.18 Å². The predicted molar refractivity (Wildman–Crippen MR) is 55.7 cm³/mol. The number of hydrogen-bond acceptors (Lipinski definition) is 3. The van der Waals surface area contributed by atoms with E-state index in [9.17, 15) is 18.0 Å². The number of aromatic nitrogens is 1. The molecule has 0 unspecified atom stereocenters. The first-order valence-electron chi connectivity index (χ1n) is 5.35. The normalized spacial score (nSPS) is 16.6. The van der Waals surface area contributed by atoms with E-state index in [0.29, 0.717) is 19.3 Å². The van der Waals surface area contributed by atoms with Crippen LogP contribution in [0.5, 0.6) is 0 Å². The maximum atomic E-state index is 12.3. The molecular formula is C11H11F3N2O2. The monoisotopic (exact) mass is 260 g/mol. The van der Waals surface area contributed by atoms with Crippen molar-refractivity contribution in [2.24, 2.45) is 5.92 Å². The Hall–Kier alpha value is -1.63. The van der Waals surface area contributed by atoms with Gasteiger partial charge in [0.05, 0.1) is 5.56 Å². The van der Waals surface area contributed by atoms with Crippen LogP contribution in [0, 0.1) is 5.92 Å². The van der Waals surface area contributed by atoms with Crippen molar-refractivity contribution >= 4 is 5.91 Å². The van der Waals surface area contributed by atoms with Gasteiger partial charge in [0.1, 0.15) is 5.69 Å². The van der Waals surface area contributed by atoms with Gasteiger partial charge in [-0.15, -0.1) is 0 Å². The van der Waals surface area contributed by atoms with E-state index >= 15 is 0 Å². The van der Waals surface area contributed by atoms with Crippen LogP contribution < -0.4 is 0 Å². The first kappa shape index (κ1) is 12.8.